The number of rotatable bonds is 21. The van der Waals surface area contributed by atoms with E-state index in [-0.39, 0.29) is 33.4 Å². The van der Waals surface area contributed by atoms with Gasteiger partial charge in [0, 0.05) is 7.11 Å². The highest BCUT2D eigenvalue weighted by molar-refractivity contribution is 6.76. The molecule has 25 nitrogen and oxygen atoms in total. The van der Waals surface area contributed by atoms with E-state index in [0.29, 0.717) is 0 Å². The van der Waals surface area contributed by atoms with Crippen LogP contribution in [0.4, 0.5) is 0 Å². The normalized spacial score (nSPS) is 25.9. The van der Waals surface area contributed by atoms with Gasteiger partial charge in [-0.05, 0) is 72.8 Å². The van der Waals surface area contributed by atoms with Crippen LogP contribution >= 0.6 is 34.8 Å². The highest BCUT2D eigenvalue weighted by Crippen LogP contribution is 2.39. The molecule has 0 aromatic heterocycles. The van der Waals surface area contributed by atoms with Gasteiger partial charge in [0.25, 0.3) is 9.70 Å². The Kier molecular flexibility index (Phi) is 23.3. The van der Waals surface area contributed by atoms with Crippen LogP contribution in [0, 0.1) is 0 Å². The van der Waals surface area contributed by atoms with Gasteiger partial charge in [0.05, 0.1) is 47.6 Å². The molecule has 6 aromatic carbocycles. The number of ether oxygens (including phenoxy) is 14. The summed E-state index contributed by atoms with van der Waals surface area (Å²) >= 11 is 18.7. The van der Waals surface area contributed by atoms with Crippen molar-refractivity contribution in [1.82, 2.24) is 5.32 Å². The molecule has 2 N–H and O–H groups in total. The van der Waals surface area contributed by atoms with Gasteiger partial charge >= 0.3 is 47.8 Å². The number of halogens is 3. The number of carbonyl (C=O) groups excluding carboxylic acids is 9. The Labute approximate surface area is 545 Å². The van der Waals surface area contributed by atoms with Crippen LogP contribution in [0.2, 0.25) is 0 Å². The van der Waals surface area contributed by atoms with Gasteiger partial charge in [-0.15, -0.1) is 0 Å². The van der Waals surface area contributed by atoms with Gasteiger partial charge in [0.15, 0.2) is 61.6 Å². The van der Waals surface area contributed by atoms with Crippen LogP contribution in [0.3, 0.4) is 0 Å². The number of amides is 1. The van der Waals surface area contributed by atoms with Crippen LogP contribution in [-0.4, -0.2) is 183 Å². The SMILES string of the molecule is COC(=O)[C@H]1O[C@@H](O[C@H]2[C@H](O)[C@@H](COC(=O)c3ccccc3)O[C@@H](O[C@H]3[C@H](OC(=O)c4ccccc4)[C@@H](OC(=O)c4ccccc4)[C@H](OC)O[C@@H]3C(=O)OC)[C@@H]2NC(=O)C(Cl)(Cl)Cl)[C@H](OC(=O)c2ccccc2)[C@@H](OC(=O)c2ccccc2)[C@@H]1OC(=O)c1ccccc1. The number of benzene rings is 6. The number of hydrogen-bond acceptors (Lipinski definition) is 24. The third kappa shape index (κ3) is 16.9. The van der Waals surface area contributed by atoms with E-state index in [2.05, 4.69) is 5.32 Å². The zero-order valence-electron chi connectivity index (χ0n) is 49.2. The Bertz CT molecular complexity index is 3560. The number of hydrogen-bond donors (Lipinski definition) is 2. The van der Waals surface area contributed by atoms with Crippen molar-refractivity contribution in [2.45, 2.75) is 95.8 Å². The average molecular weight is 1340 g/mol. The van der Waals surface area contributed by atoms with Gasteiger partial charge < -0.3 is 76.7 Å². The highest BCUT2D eigenvalue weighted by Gasteiger charge is 2.61. The summed E-state index contributed by atoms with van der Waals surface area (Å²) in [5.41, 5.74) is -0.423. The summed E-state index contributed by atoms with van der Waals surface area (Å²) in [4.78, 5) is 128. The molecule has 0 radical (unpaired) electrons. The molecular weight excluding hydrogens is 1290 g/mol. The van der Waals surface area contributed by atoms with Crippen molar-refractivity contribution in [3.63, 3.8) is 0 Å². The largest absolute Gasteiger partial charge is 0.467 e. The van der Waals surface area contributed by atoms with Gasteiger partial charge in [-0.1, -0.05) is 144 Å². The molecule has 3 aliphatic rings. The quantitative estimate of drug-likeness (QED) is 0.0465. The number of methoxy groups -OCH3 is 3. The predicted molar refractivity (Wildman–Crippen MR) is 320 cm³/mol. The molecule has 93 heavy (non-hydrogen) atoms. The van der Waals surface area contributed by atoms with Crippen molar-refractivity contribution in [3.8, 4) is 0 Å². The zero-order chi connectivity index (χ0) is 66.3. The fourth-order valence-electron chi connectivity index (χ4n) is 10.0. The molecule has 9 rings (SSSR count). The molecule has 0 aliphatic carbocycles. The number of aliphatic hydroxyl groups excluding tert-OH is 1. The number of esters is 8. The fourth-order valence-corrected chi connectivity index (χ4v) is 10.2. The molecule has 6 aromatic rings. The summed E-state index contributed by atoms with van der Waals surface area (Å²) in [5, 5.41) is 15.3. The van der Waals surface area contributed by atoms with Gasteiger partial charge in [0.2, 0.25) is 0 Å². The number of aliphatic hydroxyl groups is 1. The van der Waals surface area contributed by atoms with E-state index in [9.17, 15) is 48.3 Å². The summed E-state index contributed by atoms with van der Waals surface area (Å²) in [5.74, 6) is -10.7. The van der Waals surface area contributed by atoms with Gasteiger partial charge in [-0.2, -0.15) is 0 Å². The lowest BCUT2D eigenvalue weighted by molar-refractivity contribution is -0.358. The van der Waals surface area contributed by atoms with Crippen LogP contribution in [0.15, 0.2) is 182 Å². The minimum atomic E-state index is -2.92. The first-order valence-corrected chi connectivity index (χ1v) is 29.5. The maximum atomic E-state index is 14.5. The monoisotopic (exact) mass is 1340 g/mol. The standard InChI is InChI=1S/C65H58Cl3NO24/c1-80-59(77)49-45(85-54(72)36-24-12-5-13-25-36)47(86-55(73)37-26-14-6-15-27-37)52(89-58(76)40-32-20-9-21-33-40)63(93-49)90-44-42(69-64(79)65(66,67)68)61(84-41(43(44)70)34-83-53(71)35-22-10-4-11-23-35)91-46-48(87-56(74)38-28-16-7-17-29-38)51(62(82-3)92-50(46)60(78)81-2)88-57(75)39-30-18-8-19-31-39/h4-33,41-52,61-63,70H,34H2,1-3H3,(H,69,79)/t41-,42-,43-,44-,45+,46+,47+,48+,49+,50+,51-,52-,61+,62-,63-/m1/s1. The van der Waals surface area contributed by atoms with E-state index < -0.39 is 156 Å². The van der Waals surface area contributed by atoms with Crippen LogP contribution in [0.1, 0.15) is 62.1 Å². The molecule has 0 saturated carbocycles. The minimum absolute atomic E-state index is 0.00879. The molecule has 1 amide bonds. The van der Waals surface area contributed by atoms with E-state index in [1.54, 1.807) is 36.4 Å². The lowest BCUT2D eigenvalue weighted by atomic mass is 9.93. The Balaban J connectivity index is 1.21. The van der Waals surface area contributed by atoms with E-state index in [1.807, 2.05) is 0 Å². The summed E-state index contributed by atoms with van der Waals surface area (Å²) in [6, 6.07) is 41.9. The van der Waals surface area contributed by atoms with E-state index >= 15 is 0 Å². The molecule has 3 aliphatic heterocycles. The van der Waals surface area contributed by atoms with Crippen molar-refractivity contribution in [3.05, 3.63) is 215 Å². The molecule has 488 valence electrons. The van der Waals surface area contributed by atoms with Gasteiger partial charge in [-0.25, -0.2) is 38.4 Å². The van der Waals surface area contributed by atoms with Gasteiger partial charge in [-0.3, -0.25) is 4.79 Å². The van der Waals surface area contributed by atoms with E-state index in [0.717, 1.165) is 21.3 Å². The summed E-state index contributed by atoms with van der Waals surface area (Å²) in [6.45, 7) is -0.950. The van der Waals surface area contributed by atoms with Crippen LogP contribution in [0.5, 0.6) is 0 Å². The van der Waals surface area contributed by atoms with Gasteiger partial charge in [0.1, 0.15) is 37.1 Å². The highest BCUT2D eigenvalue weighted by atomic mass is 35.6. The van der Waals surface area contributed by atoms with Crippen molar-refractivity contribution >= 4 is 88.5 Å². The molecular formula is C65H58Cl3NO24. The lowest BCUT2D eigenvalue weighted by Crippen LogP contribution is -2.71. The molecule has 15 atom stereocenters. The van der Waals surface area contributed by atoms with Crippen molar-refractivity contribution in [2.75, 3.05) is 27.9 Å². The maximum Gasteiger partial charge on any atom is 0.339 e. The second-order valence-corrected chi connectivity index (χ2v) is 22.8. The summed E-state index contributed by atoms with van der Waals surface area (Å²) in [7, 11) is 3.00. The minimum Gasteiger partial charge on any atom is -0.467 e. The number of carbonyl (C=O) groups is 9. The predicted octanol–water partition coefficient (Wildman–Crippen LogP) is 6.12. The molecule has 3 heterocycles. The summed E-state index contributed by atoms with van der Waals surface area (Å²) in [6.07, 6.45) is -30.0. The van der Waals surface area contributed by atoms with Crippen LogP contribution in [0.25, 0.3) is 0 Å². The fraction of sp³-hybridized carbons (Fsp3) is 0.308. The van der Waals surface area contributed by atoms with E-state index in [1.165, 1.54) is 146 Å². The van der Waals surface area contributed by atoms with Crippen molar-refractivity contribution in [2.24, 2.45) is 0 Å². The van der Waals surface area contributed by atoms with Crippen LogP contribution in [-0.2, 0) is 80.7 Å². The number of alkyl halides is 3. The third-order valence-electron chi connectivity index (χ3n) is 14.6. The van der Waals surface area contributed by atoms with Crippen LogP contribution < -0.4 is 5.32 Å². The Hall–Kier alpha value is -8.86. The summed E-state index contributed by atoms with van der Waals surface area (Å²) < 4.78 is 81.6. The topological polar surface area (TPSA) is 315 Å². The maximum absolute atomic E-state index is 14.5. The third-order valence-corrected chi connectivity index (χ3v) is 15.1. The molecule has 0 spiro atoms. The van der Waals surface area contributed by atoms with Crippen molar-refractivity contribution < 1.29 is 115 Å². The number of nitrogens with one attached hydrogen (secondary N) is 1. The molecule has 0 unspecified atom stereocenters. The molecule has 28 heteroatoms. The Morgan fingerprint density at radius 1 is 0.409 bits per heavy atom. The second-order valence-electron chi connectivity index (χ2n) is 20.5. The average Bonchev–Trinajstić information content (AvgIpc) is 0.800. The molecule has 3 fully saturated rings. The first kappa shape index (κ1) is 68.5. The smallest absolute Gasteiger partial charge is 0.339 e. The Morgan fingerprint density at radius 2 is 0.731 bits per heavy atom. The zero-order valence-corrected chi connectivity index (χ0v) is 51.4. The lowest BCUT2D eigenvalue weighted by Gasteiger charge is -2.50. The second kappa shape index (κ2) is 31.6. The van der Waals surface area contributed by atoms with Crippen molar-refractivity contribution in [1.29, 1.82) is 0 Å². The van der Waals surface area contributed by atoms with E-state index in [4.69, 9.17) is 101 Å². The molecule has 3 saturated heterocycles. The first-order valence-electron chi connectivity index (χ1n) is 28.3. The molecule has 0 bridgehead atoms. The Morgan fingerprint density at radius 3 is 1.11 bits per heavy atom. The first-order chi connectivity index (χ1) is 44.8.